The number of esters is 1. The van der Waals surface area contributed by atoms with E-state index in [-0.39, 0.29) is 12.8 Å². The predicted molar refractivity (Wildman–Crippen MR) is 119 cm³/mol. The van der Waals surface area contributed by atoms with E-state index in [1.165, 1.54) is 45.6 Å². The smallest absolute Gasteiger partial charge is 0.350 e. The zero-order chi connectivity index (χ0) is 24.6. The summed E-state index contributed by atoms with van der Waals surface area (Å²) in [7, 11) is 1.21. The third-order valence-electron chi connectivity index (χ3n) is 5.58. The quantitative estimate of drug-likeness (QED) is 0.176. The number of aliphatic carboxylic acids is 1. The summed E-state index contributed by atoms with van der Waals surface area (Å²) in [5.74, 6) is -4.37. The molecular formula is C23H38N2O8. The number of hydroxylamine groups is 2. The van der Waals surface area contributed by atoms with Crippen LogP contribution in [0, 0.1) is 0 Å². The van der Waals surface area contributed by atoms with Gasteiger partial charge in [0.1, 0.15) is 12.1 Å². The third kappa shape index (κ3) is 11.3. The van der Waals surface area contributed by atoms with E-state index in [2.05, 4.69) is 12.2 Å². The van der Waals surface area contributed by atoms with Crippen LogP contribution < -0.4 is 5.32 Å². The van der Waals surface area contributed by atoms with Gasteiger partial charge in [0, 0.05) is 12.8 Å². The van der Waals surface area contributed by atoms with E-state index in [4.69, 9.17) is 14.7 Å². The van der Waals surface area contributed by atoms with Gasteiger partial charge in [-0.3, -0.25) is 24.5 Å². The Kier molecular flexibility index (Phi) is 14.0. The van der Waals surface area contributed by atoms with Crippen LogP contribution in [0.5, 0.6) is 0 Å². The number of methoxy groups -OCH3 is 1. The molecule has 2 amide bonds. The number of carbonyl (C=O) groups excluding carboxylic acids is 4. The van der Waals surface area contributed by atoms with Gasteiger partial charge in [-0.2, -0.15) is 0 Å². The maximum atomic E-state index is 12.5. The lowest BCUT2D eigenvalue weighted by Crippen LogP contribution is -2.50. The van der Waals surface area contributed by atoms with Crippen LogP contribution in [-0.4, -0.2) is 59.1 Å². The summed E-state index contributed by atoms with van der Waals surface area (Å²) in [5.41, 5.74) is 0. The molecule has 1 aliphatic rings. The Bertz CT molecular complexity index is 651. The van der Waals surface area contributed by atoms with Gasteiger partial charge in [0.05, 0.1) is 13.5 Å². The molecule has 1 fully saturated rings. The molecule has 0 aromatic heterocycles. The first-order valence-electron chi connectivity index (χ1n) is 11.9. The summed E-state index contributed by atoms with van der Waals surface area (Å²) in [6, 6.07) is -2.33. The number of hydrogen-bond acceptors (Lipinski definition) is 8. The molecule has 2 N–H and O–H groups in total. The summed E-state index contributed by atoms with van der Waals surface area (Å²) >= 11 is 0. The molecule has 0 aromatic carbocycles. The van der Waals surface area contributed by atoms with Crippen LogP contribution in [0.1, 0.15) is 96.8 Å². The Labute approximate surface area is 195 Å². The first-order chi connectivity index (χ1) is 15.8. The number of carboxylic acids is 1. The van der Waals surface area contributed by atoms with Crippen LogP contribution in [0.2, 0.25) is 0 Å². The summed E-state index contributed by atoms with van der Waals surface area (Å²) in [6.45, 7) is 2.19. The molecule has 0 spiro atoms. The second kappa shape index (κ2) is 16.2. The fraction of sp³-hybridized carbons (Fsp3) is 0.783. The van der Waals surface area contributed by atoms with Crippen molar-refractivity contribution in [1.29, 1.82) is 0 Å². The summed E-state index contributed by atoms with van der Waals surface area (Å²) in [5, 5.41) is 12.2. The fourth-order valence-corrected chi connectivity index (χ4v) is 3.69. The number of imide groups is 1. The minimum absolute atomic E-state index is 0.0767. The summed E-state index contributed by atoms with van der Waals surface area (Å²) < 4.78 is 4.79. The monoisotopic (exact) mass is 470 g/mol. The van der Waals surface area contributed by atoms with E-state index in [1.807, 2.05) is 0 Å². The van der Waals surface area contributed by atoms with Gasteiger partial charge in [0.2, 0.25) is 0 Å². The highest BCUT2D eigenvalue weighted by Crippen LogP contribution is 2.15. The molecule has 0 aliphatic carbocycles. The number of rotatable bonds is 18. The van der Waals surface area contributed by atoms with Crippen molar-refractivity contribution in [2.24, 2.45) is 0 Å². The van der Waals surface area contributed by atoms with Crippen molar-refractivity contribution in [2.45, 2.75) is 109 Å². The van der Waals surface area contributed by atoms with E-state index in [0.717, 1.165) is 19.3 Å². The van der Waals surface area contributed by atoms with Crippen LogP contribution in [0.3, 0.4) is 0 Å². The number of unbranched alkanes of at least 4 members (excludes halogenated alkanes) is 9. The highest BCUT2D eigenvalue weighted by atomic mass is 16.7. The molecule has 0 aromatic rings. The fourth-order valence-electron chi connectivity index (χ4n) is 3.69. The van der Waals surface area contributed by atoms with Gasteiger partial charge in [-0.15, -0.1) is 5.06 Å². The van der Waals surface area contributed by atoms with Crippen molar-refractivity contribution in [3.05, 3.63) is 0 Å². The Hall–Kier alpha value is -2.49. The molecule has 0 saturated carbocycles. The van der Waals surface area contributed by atoms with Gasteiger partial charge >= 0.3 is 17.9 Å². The zero-order valence-electron chi connectivity index (χ0n) is 19.8. The first kappa shape index (κ1) is 28.5. The number of nitrogens with zero attached hydrogens (tertiary/aromatic N) is 1. The molecule has 1 saturated heterocycles. The normalized spacial score (nSPS) is 15.4. The van der Waals surface area contributed by atoms with Gasteiger partial charge in [-0.1, -0.05) is 71.1 Å². The average Bonchev–Trinajstić information content (AvgIpc) is 3.09. The molecule has 2 unspecified atom stereocenters. The van der Waals surface area contributed by atoms with E-state index >= 15 is 0 Å². The molecule has 1 heterocycles. The minimum Gasteiger partial charge on any atom is -0.481 e. The van der Waals surface area contributed by atoms with Crippen LogP contribution in [-0.2, 0) is 33.5 Å². The summed E-state index contributed by atoms with van der Waals surface area (Å²) in [6.07, 6.45) is 10.7. The van der Waals surface area contributed by atoms with Crippen LogP contribution >= 0.6 is 0 Å². The highest BCUT2D eigenvalue weighted by molar-refractivity contribution is 6.02. The molecule has 0 bridgehead atoms. The molecule has 10 nitrogen and oxygen atoms in total. The predicted octanol–water partition coefficient (Wildman–Crippen LogP) is 2.88. The lowest BCUT2D eigenvalue weighted by Gasteiger charge is -2.23. The zero-order valence-corrected chi connectivity index (χ0v) is 19.8. The minimum atomic E-state index is -1.42. The Morgan fingerprint density at radius 1 is 0.879 bits per heavy atom. The van der Waals surface area contributed by atoms with Crippen molar-refractivity contribution < 1.29 is 38.7 Å². The largest absolute Gasteiger partial charge is 0.481 e. The number of hydrogen-bond donors (Lipinski definition) is 2. The maximum Gasteiger partial charge on any atom is 0.350 e. The van der Waals surface area contributed by atoms with Gasteiger partial charge in [-0.25, -0.2) is 4.79 Å². The van der Waals surface area contributed by atoms with Gasteiger partial charge in [0.15, 0.2) is 0 Å². The van der Waals surface area contributed by atoms with Crippen LogP contribution in [0.25, 0.3) is 0 Å². The van der Waals surface area contributed by atoms with E-state index in [9.17, 15) is 24.0 Å². The molecule has 0 radical (unpaired) electrons. The van der Waals surface area contributed by atoms with Gasteiger partial charge < -0.3 is 14.7 Å². The SMILES string of the molecule is CCCCCCCCCCCCC(NC(CC(=O)O)C(=O)ON1C(=O)CCC1=O)C(=O)OC. The molecule has 188 valence electrons. The lowest BCUT2D eigenvalue weighted by molar-refractivity contribution is -0.199. The molecular weight excluding hydrogens is 432 g/mol. The number of carboxylic acid groups (broad SMARTS) is 1. The number of amides is 2. The standard InChI is InChI=1S/C23H38N2O8/c1-3-4-5-6-7-8-9-10-11-12-13-17(22(30)32-2)24-18(16-21(28)29)23(31)33-25-19(26)14-15-20(25)27/h17-18,24H,3-16H2,1-2H3,(H,28,29). The van der Waals surface area contributed by atoms with Gasteiger partial charge in [0.25, 0.3) is 11.8 Å². The number of carbonyl (C=O) groups is 5. The Morgan fingerprint density at radius 3 is 1.88 bits per heavy atom. The van der Waals surface area contributed by atoms with Crippen LogP contribution in [0.15, 0.2) is 0 Å². The van der Waals surface area contributed by atoms with E-state index < -0.39 is 48.2 Å². The third-order valence-corrected chi connectivity index (χ3v) is 5.58. The van der Waals surface area contributed by atoms with E-state index in [1.54, 1.807) is 0 Å². The Morgan fingerprint density at radius 2 is 1.39 bits per heavy atom. The molecule has 10 heteroatoms. The highest BCUT2D eigenvalue weighted by Gasteiger charge is 2.37. The second-order valence-electron chi connectivity index (χ2n) is 8.36. The van der Waals surface area contributed by atoms with Crippen molar-refractivity contribution in [1.82, 2.24) is 10.4 Å². The lowest BCUT2D eigenvalue weighted by atomic mass is 10.0. The number of ether oxygens (including phenoxy) is 1. The molecule has 1 aliphatic heterocycles. The maximum absolute atomic E-state index is 12.5. The van der Waals surface area contributed by atoms with Crippen molar-refractivity contribution in [3.8, 4) is 0 Å². The summed E-state index contributed by atoms with van der Waals surface area (Å²) in [4.78, 5) is 64.1. The topological polar surface area (TPSA) is 139 Å². The van der Waals surface area contributed by atoms with Gasteiger partial charge in [-0.05, 0) is 6.42 Å². The van der Waals surface area contributed by atoms with Crippen molar-refractivity contribution >= 4 is 29.7 Å². The molecule has 2 atom stereocenters. The van der Waals surface area contributed by atoms with Crippen LogP contribution in [0.4, 0.5) is 0 Å². The first-order valence-corrected chi connectivity index (χ1v) is 11.9. The average molecular weight is 471 g/mol. The second-order valence-corrected chi connectivity index (χ2v) is 8.36. The molecule has 1 rings (SSSR count). The van der Waals surface area contributed by atoms with Crippen molar-refractivity contribution in [2.75, 3.05) is 7.11 Å². The number of nitrogens with one attached hydrogen (secondary N) is 1. The van der Waals surface area contributed by atoms with Crippen molar-refractivity contribution in [3.63, 3.8) is 0 Å². The Balaban J connectivity index is 2.53. The molecule has 33 heavy (non-hydrogen) atoms. The van der Waals surface area contributed by atoms with E-state index in [0.29, 0.717) is 17.9 Å².